The van der Waals surface area contributed by atoms with Crippen LogP contribution in [0.2, 0.25) is 0 Å². The molecule has 6 N–H and O–H groups in total. The smallest absolute Gasteiger partial charge is 0.167 e. The van der Waals surface area contributed by atoms with Gasteiger partial charge in [0.15, 0.2) is 5.78 Å². The molecule has 0 unspecified atom stereocenters. The molecule has 100 valence electrons. The zero-order valence-corrected chi connectivity index (χ0v) is 10.5. The van der Waals surface area contributed by atoms with Gasteiger partial charge in [0.2, 0.25) is 0 Å². The van der Waals surface area contributed by atoms with Gasteiger partial charge in [-0.05, 0) is 24.5 Å². The molecule has 0 aromatic heterocycles. The van der Waals surface area contributed by atoms with Gasteiger partial charge in [-0.1, -0.05) is 19.4 Å². The summed E-state index contributed by atoms with van der Waals surface area (Å²) < 4.78 is 0. The first-order valence-electron chi connectivity index (χ1n) is 5.98. The summed E-state index contributed by atoms with van der Waals surface area (Å²) in [6.07, 6.45) is 1.70. The van der Waals surface area contributed by atoms with Gasteiger partial charge in [0.1, 0.15) is 17.2 Å². The van der Waals surface area contributed by atoms with Gasteiger partial charge < -0.3 is 21.7 Å². The van der Waals surface area contributed by atoms with Crippen molar-refractivity contribution >= 4 is 5.78 Å². The van der Waals surface area contributed by atoms with Gasteiger partial charge in [-0.25, -0.2) is 0 Å². The lowest BCUT2D eigenvalue weighted by molar-refractivity contribution is -0.124. The third kappa shape index (κ3) is 3.72. The lowest BCUT2D eigenvalue weighted by Gasteiger charge is -2.22. The van der Waals surface area contributed by atoms with Gasteiger partial charge in [-0.2, -0.15) is 0 Å². The molecule has 5 nitrogen and oxygen atoms in total. The van der Waals surface area contributed by atoms with Crippen molar-refractivity contribution in [1.82, 2.24) is 0 Å². The van der Waals surface area contributed by atoms with Crippen LogP contribution >= 0.6 is 0 Å². The average Bonchev–Trinajstić information content (AvgIpc) is 2.27. The highest BCUT2D eigenvalue weighted by atomic mass is 16.3. The molecule has 0 aliphatic heterocycles. The summed E-state index contributed by atoms with van der Waals surface area (Å²) >= 11 is 0. The number of hydrogen-bond donors (Lipinski definition) is 4. The van der Waals surface area contributed by atoms with Crippen molar-refractivity contribution in [2.75, 3.05) is 0 Å². The Morgan fingerprint density at radius 3 is 2.56 bits per heavy atom. The van der Waals surface area contributed by atoms with Crippen LogP contribution in [0.4, 0.5) is 0 Å². The Morgan fingerprint density at radius 2 is 2.00 bits per heavy atom. The highest BCUT2D eigenvalue weighted by molar-refractivity contribution is 5.87. The molecule has 18 heavy (non-hydrogen) atoms. The molecule has 0 spiro atoms. The highest BCUT2D eigenvalue weighted by Gasteiger charge is 2.27. The maximum absolute atomic E-state index is 11.8. The zero-order valence-electron chi connectivity index (χ0n) is 10.5. The fourth-order valence-electron chi connectivity index (χ4n) is 1.80. The van der Waals surface area contributed by atoms with E-state index in [1.807, 2.05) is 6.92 Å². The molecule has 0 aliphatic carbocycles. The average molecular weight is 252 g/mol. The lowest BCUT2D eigenvalue weighted by atomic mass is 9.95. The monoisotopic (exact) mass is 252 g/mol. The number of hydrogen-bond acceptors (Lipinski definition) is 5. The molecule has 1 rings (SSSR count). The van der Waals surface area contributed by atoms with E-state index in [9.17, 15) is 9.90 Å². The second-order valence-corrected chi connectivity index (χ2v) is 4.53. The van der Waals surface area contributed by atoms with E-state index in [1.54, 1.807) is 6.07 Å². The van der Waals surface area contributed by atoms with E-state index in [-0.39, 0.29) is 23.7 Å². The molecule has 0 fully saturated rings. The van der Waals surface area contributed by atoms with Gasteiger partial charge in [0.05, 0.1) is 0 Å². The lowest BCUT2D eigenvalue weighted by Crippen LogP contribution is -2.56. The zero-order chi connectivity index (χ0) is 13.8. The maximum Gasteiger partial charge on any atom is 0.167 e. The van der Waals surface area contributed by atoms with Crippen LogP contribution < -0.4 is 11.5 Å². The third-order valence-electron chi connectivity index (χ3n) is 2.87. The van der Waals surface area contributed by atoms with Crippen molar-refractivity contribution in [3.05, 3.63) is 23.8 Å². The number of rotatable bonds is 6. The highest BCUT2D eigenvalue weighted by Crippen LogP contribution is 2.24. The minimum Gasteiger partial charge on any atom is -0.508 e. The van der Waals surface area contributed by atoms with Crippen molar-refractivity contribution in [2.45, 2.75) is 38.3 Å². The molecule has 0 bridgehead atoms. The predicted octanol–water partition coefficient (Wildman–Crippen LogP) is 1.01. The van der Waals surface area contributed by atoms with Gasteiger partial charge in [-0.3, -0.25) is 4.79 Å². The van der Waals surface area contributed by atoms with Gasteiger partial charge >= 0.3 is 0 Å². The first-order valence-corrected chi connectivity index (χ1v) is 5.98. The van der Waals surface area contributed by atoms with Gasteiger partial charge in [-0.15, -0.1) is 0 Å². The van der Waals surface area contributed by atoms with Gasteiger partial charge in [0.25, 0.3) is 0 Å². The van der Waals surface area contributed by atoms with Crippen LogP contribution in [-0.4, -0.2) is 21.7 Å². The number of benzene rings is 1. The molecule has 1 aromatic carbocycles. The maximum atomic E-state index is 11.8. The standard InChI is InChI=1S/C13H20N2O3/c1-2-7-13(14,15)12(18)6-4-9-3-5-10(16)8-11(9)17/h3,5,8,16-17H,2,4,6-7,14-15H2,1H3. The number of carbonyl (C=O) groups excluding carboxylic acids is 1. The molecule has 0 saturated heterocycles. The van der Waals surface area contributed by atoms with E-state index < -0.39 is 5.66 Å². The fourth-order valence-corrected chi connectivity index (χ4v) is 1.80. The van der Waals surface area contributed by atoms with Crippen LogP contribution in [-0.2, 0) is 11.2 Å². The molecular formula is C13H20N2O3. The minimum atomic E-state index is -1.29. The predicted molar refractivity (Wildman–Crippen MR) is 69.1 cm³/mol. The molecule has 0 heterocycles. The van der Waals surface area contributed by atoms with Crippen molar-refractivity contribution in [3.8, 4) is 11.5 Å². The fraction of sp³-hybridized carbons (Fsp3) is 0.462. The van der Waals surface area contributed by atoms with Crippen LogP contribution in [0, 0.1) is 0 Å². The first-order chi connectivity index (χ1) is 8.36. The summed E-state index contributed by atoms with van der Waals surface area (Å²) in [7, 11) is 0. The molecule has 0 saturated carbocycles. The van der Waals surface area contributed by atoms with Crippen molar-refractivity contribution in [2.24, 2.45) is 11.5 Å². The van der Waals surface area contributed by atoms with E-state index in [4.69, 9.17) is 16.6 Å². The summed E-state index contributed by atoms with van der Waals surface area (Å²) in [6.45, 7) is 1.91. The SMILES string of the molecule is CCCC(N)(N)C(=O)CCc1ccc(O)cc1O. The molecule has 0 atom stereocenters. The van der Waals surface area contributed by atoms with E-state index in [1.165, 1.54) is 12.1 Å². The Labute approximate surface area is 106 Å². The number of aryl methyl sites for hydroxylation is 1. The Balaban J connectivity index is 2.62. The van der Waals surface area contributed by atoms with Crippen molar-refractivity contribution in [3.63, 3.8) is 0 Å². The normalized spacial score (nSPS) is 11.5. The van der Waals surface area contributed by atoms with E-state index in [0.717, 1.165) is 6.42 Å². The summed E-state index contributed by atoms with van der Waals surface area (Å²) in [6, 6.07) is 4.28. The Hall–Kier alpha value is -1.59. The number of nitrogens with two attached hydrogens (primary N) is 2. The number of phenols is 2. The molecule has 0 radical (unpaired) electrons. The van der Waals surface area contributed by atoms with Crippen molar-refractivity contribution in [1.29, 1.82) is 0 Å². The van der Waals surface area contributed by atoms with E-state index in [2.05, 4.69) is 0 Å². The van der Waals surface area contributed by atoms with Crippen LogP contribution in [0.3, 0.4) is 0 Å². The summed E-state index contributed by atoms with van der Waals surface area (Å²) in [4.78, 5) is 11.8. The number of phenolic OH excluding ortho intramolecular Hbond substituents is 2. The van der Waals surface area contributed by atoms with Crippen LogP contribution in [0.25, 0.3) is 0 Å². The summed E-state index contributed by atoms with van der Waals surface area (Å²) in [5, 5.41) is 18.7. The number of carbonyl (C=O) groups is 1. The van der Waals surface area contributed by atoms with E-state index >= 15 is 0 Å². The number of Topliss-reactive ketones (excluding diaryl/α,β-unsaturated/α-hetero) is 1. The second kappa shape index (κ2) is 5.84. The summed E-state index contributed by atoms with van der Waals surface area (Å²) in [5.41, 5.74) is 10.7. The van der Waals surface area contributed by atoms with E-state index in [0.29, 0.717) is 18.4 Å². The van der Waals surface area contributed by atoms with Crippen molar-refractivity contribution < 1.29 is 15.0 Å². The van der Waals surface area contributed by atoms with Crippen LogP contribution in [0.5, 0.6) is 11.5 Å². The molecular weight excluding hydrogens is 232 g/mol. The van der Waals surface area contributed by atoms with Crippen LogP contribution in [0.1, 0.15) is 31.7 Å². The number of ketones is 1. The molecule has 0 amide bonds. The Morgan fingerprint density at radius 1 is 1.33 bits per heavy atom. The minimum absolute atomic E-state index is 0.0134. The third-order valence-corrected chi connectivity index (χ3v) is 2.87. The second-order valence-electron chi connectivity index (χ2n) is 4.53. The quantitative estimate of drug-likeness (QED) is 0.565. The van der Waals surface area contributed by atoms with Gasteiger partial charge in [0, 0.05) is 12.5 Å². The molecule has 5 heteroatoms. The summed E-state index contributed by atoms with van der Waals surface area (Å²) in [5.74, 6) is -0.268. The Bertz CT molecular complexity index is 430. The largest absolute Gasteiger partial charge is 0.508 e. The topological polar surface area (TPSA) is 110 Å². The first kappa shape index (κ1) is 14.5. The molecule has 0 aliphatic rings. The Kier molecular flexibility index (Phi) is 4.69. The van der Waals surface area contributed by atoms with Crippen LogP contribution in [0.15, 0.2) is 18.2 Å². The number of aromatic hydroxyl groups is 2. The molecule has 1 aromatic rings.